The van der Waals surface area contributed by atoms with Crippen LogP contribution in [0.15, 0.2) is 18.7 Å². The molecule has 0 aliphatic heterocycles. The zero-order chi connectivity index (χ0) is 7.56. The van der Waals surface area contributed by atoms with Crippen molar-refractivity contribution in [2.24, 2.45) is 0 Å². The standard InChI is InChI=1S/C8H8ClN/c1-3-7-4-5-8(9)10-6(7)2/h3-5H,1H2,2H3. The molecule has 0 saturated carbocycles. The lowest BCUT2D eigenvalue weighted by Crippen LogP contribution is -1.84. The van der Waals surface area contributed by atoms with E-state index in [1.807, 2.05) is 13.0 Å². The van der Waals surface area contributed by atoms with Gasteiger partial charge in [-0.25, -0.2) is 4.98 Å². The van der Waals surface area contributed by atoms with Crippen LogP contribution in [0.4, 0.5) is 0 Å². The first-order valence-electron chi connectivity index (χ1n) is 2.99. The predicted octanol–water partition coefficient (Wildman–Crippen LogP) is 2.69. The molecular formula is C8H8ClN. The fourth-order valence-corrected chi connectivity index (χ4v) is 0.947. The maximum absolute atomic E-state index is 5.63. The summed E-state index contributed by atoms with van der Waals surface area (Å²) >= 11 is 5.63. The van der Waals surface area contributed by atoms with Crippen molar-refractivity contribution >= 4 is 17.7 Å². The summed E-state index contributed by atoms with van der Waals surface area (Å²) in [6.45, 7) is 5.54. The molecule has 52 valence electrons. The molecule has 10 heavy (non-hydrogen) atoms. The van der Waals surface area contributed by atoms with Crippen molar-refractivity contribution in [3.8, 4) is 0 Å². The van der Waals surface area contributed by atoms with Gasteiger partial charge in [-0.05, 0) is 18.6 Å². The van der Waals surface area contributed by atoms with E-state index in [-0.39, 0.29) is 0 Å². The summed E-state index contributed by atoms with van der Waals surface area (Å²) in [6, 6.07) is 3.66. The van der Waals surface area contributed by atoms with Crippen LogP contribution in [0.25, 0.3) is 6.08 Å². The number of aromatic nitrogens is 1. The lowest BCUT2D eigenvalue weighted by atomic mass is 10.2. The van der Waals surface area contributed by atoms with Crippen LogP contribution >= 0.6 is 11.6 Å². The number of nitrogens with zero attached hydrogens (tertiary/aromatic N) is 1. The van der Waals surface area contributed by atoms with Crippen molar-refractivity contribution < 1.29 is 0 Å². The first kappa shape index (κ1) is 7.29. The summed E-state index contributed by atoms with van der Waals surface area (Å²) in [5.41, 5.74) is 1.95. The Hall–Kier alpha value is -0.820. The molecule has 0 atom stereocenters. The highest BCUT2D eigenvalue weighted by atomic mass is 35.5. The number of halogens is 1. The first-order chi connectivity index (χ1) is 4.74. The van der Waals surface area contributed by atoms with E-state index in [0.717, 1.165) is 11.3 Å². The van der Waals surface area contributed by atoms with Gasteiger partial charge in [0.2, 0.25) is 0 Å². The third-order valence-electron chi connectivity index (χ3n) is 1.31. The second-order valence-corrected chi connectivity index (χ2v) is 2.40. The molecule has 1 aromatic rings. The summed E-state index contributed by atoms with van der Waals surface area (Å²) in [5.74, 6) is 0. The van der Waals surface area contributed by atoms with Crippen molar-refractivity contribution in [3.63, 3.8) is 0 Å². The topological polar surface area (TPSA) is 12.9 Å². The second kappa shape index (κ2) is 2.84. The quantitative estimate of drug-likeness (QED) is 0.566. The van der Waals surface area contributed by atoms with E-state index in [1.165, 1.54) is 0 Å². The maximum atomic E-state index is 5.63. The second-order valence-electron chi connectivity index (χ2n) is 2.01. The maximum Gasteiger partial charge on any atom is 0.129 e. The molecule has 2 heteroatoms. The Morgan fingerprint density at radius 3 is 2.80 bits per heavy atom. The molecular weight excluding hydrogens is 146 g/mol. The largest absolute Gasteiger partial charge is 0.241 e. The minimum atomic E-state index is 0.531. The monoisotopic (exact) mass is 153 g/mol. The Bertz CT molecular complexity index is 255. The third-order valence-corrected chi connectivity index (χ3v) is 1.52. The Morgan fingerprint density at radius 2 is 2.30 bits per heavy atom. The van der Waals surface area contributed by atoms with Crippen LogP contribution in [0.2, 0.25) is 5.15 Å². The fourth-order valence-electron chi connectivity index (χ4n) is 0.757. The first-order valence-corrected chi connectivity index (χ1v) is 3.37. The van der Waals surface area contributed by atoms with Crippen LogP contribution in [0.5, 0.6) is 0 Å². The summed E-state index contributed by atoms with van der Waals surface area (Å²) in [7, 11) is 0. The molecule has 1 aromatic heterocycles. The van der Waals surface area contributed by atoms with Gasteiger partial charge < -0.3 is 0 Å². The summed E-state index contributed by atoms with van der Waals surface area (Å²) in [5, 5.41) is 0.531. The van der Waals surface area contributed by atoms with Gasteiger partial charge in [-0.2, -0.15) is 0 Å². The Balaban J connectivity index is 3.19. The van der Waals surface area contributed by atoms with Gasteiger partial charge in [0, 0.05) is 5.69 Å². The van der Waals surface area contributed by atoms with Gasteiger partial charge in [0.15, 0.2) is 0 Å². The molecule has 1 nitrogen and oxygen atoms in total. The molecule has 0 aliphatic rings. The molecule has 0 bridgehead atoms. The van der Waals surface area contributed by atoms with Gasteiger partial charge >= 0.3 is 0 Å². The molecule has 0 fully saturated rings. The minimum absolute atomic E-state index is 0.531. The zero-order valence-corrected chi connectivity index (χ0v) is 6.52. The van der Waals surface area contributed by atoms with Crippen LogP contribution in [-0.2, 0) is 0 Å². The van der Waals surface area contributed by atoms with Crippen LogP contribution in [0.1, 0.15) is 11.3 Å². The fraction of sp³-hybridized carbons (Fsp3) is 0.125. The molecule has 0 radical (unpaired) electrons. The van der Waals surface area contributed by atoms with Crippen molar-refractivity contribution in [2.75, 3.05) is 0 Å². The number of rotatable bonds is 1. The number of hydrogen-bond acceptors (Lipinski definition) is 1. The van der Waals surface area contributed by atoms with E-state index in [0.29, 0.717) is 5.15 Å². The van der Waals surface area contributed by atoms with Gasteiger partial charge in [-0.15, -0.1) is 0 Å². The van der Waals surface area contributed by atoms with Crippen molar-refractivity contribution in [2.45, 2.75) is 6.92 Å². The average molecular weight is 154 g/mol. The number of pyridine rings is 1. The summed E-state index contributed by atoms with van der Waals surface area (Å²) in [6.07, 6.45) is 1.76. The molecule has 1 heterocycles. The van der Waals surface area contributed by atoms with E-state index >= 15 is 0 Å². The van der Waals surface area contributed by atoms with Crippen molar-refractivity contribution in [1.82, 2.24) is 4.98 Å². The molecule has 0 aliphatic carbocycles. The lowest BCUT2D eigenvalue weighted by Gasteiger charge is -1.97. The van der Waals surface area contributed by atoms with Gasteiger partial charge in [-0.1, -0.05) is 30.3 Å². The summed E-state index contributed by atoms with van der Waals surface area (Å²) in [4.78, 5) is 4.04. The Labute approximate surface area is 65.4 Å². The van der Waals surface area contributed by atoms with Gasteiger partial charge in [0.05, 0.1) is 0 Å². The van der Waals surface area contributed by atoms with Crippen LogP contribution < -0.4 is 0 Å². The SMILES string of the molecule is C=Cc1ccc(Cl)nc1C. The molecule has 0 saturated heterocycles. The van der Waals surface area contributed by atoms with Crippen LogP contribution in [0.3, 0.4) is 0 Å². The lowest BCUT2D eigenvalue weighted by molar-refractivity contribution is 1.19. The summed E-state index contributed by atoms with van der Waals surface area (Å²) < 4.78 is 0. The minimum Gasteiger partial charge on any atom is -0.241 e. The van der Waals surface area contributed by atoms with Gasteiger partial charge in [0.1, 0.15) is 5.15 Å². The van der Waals surface area contributed by atoms with Gasteiger partial charge in [-0.3, -0.25) is 0 Å². The number of hydrogen-bond donors (Lipinski definition) is 0. The van der Waals surface area contributed by atoms with E-state index in [2.05, 4.69) is 11.6 Å². The predicted molar refractivity (Wildman–Crippen MR) is 44.1 cm³/mol. The van der Waals surface area contributed by atoms with E-state index in [9.17, 15) is 0 Å². The highest BCUT2D eigenvalue weighted by Gasteiger charge is 1.94. The van der Waals surface area contributed by atoms with E-state index in [1.54, 1.807) is 12.1 Å². The van der Waals surface area contributed by atoms with Crippen molar-refractivity contribution in [1.29, 1.82) is 0 Å². The molecule has 1 rings (SSSR count). The van der Waals surface area contributed by atoms with Crippen molar-refractivity contribution in [3.05, 3.63) is 35.1 Å². The Morgan fingerprint density at radius 1 is 1.60 bits per heavy atom. The van der Waals surface area contributed by atoms with E-state index in [4.69, 9.17) is 11.6 Å². The van der Waals surface area contributed by atoms with Crippen LogP contribution in [-0.4, -0.2) is 4.98 Å². The van der Waals surface area contributed by atoms with E-state index < -0.39 is 0 Å². The molecule has 0 amide bonds. The molecule has 0 N–H and O–H groups in total. The molecule has 0 aromatic carbocycles. The van der Waals surface area contributed by atoms with Gasteiger partial charge in [0.25, 0.3) is 0 Å². The molecule has 0 spiro atoms. The highest BCUT2D eigenvalue weighted by molar-refractivity contribution is 6.29. The smallest absolute Gasteiger partial charge is 0.129 e. The normalized spacial score (nSPS) is 9.40. The molecule has 0 unspecified atom stereocenters. The highest BCUT2D eigenvalue weighted by Crippen LogP contribution is 2.10. The average Bonchev–Trinajstić information content (AvgIpc) is 1.88. The third kappa shape index (κ3) is 1.36. The van der Waals surface area contributed by atoms with Crippen LogP contribution in [0, 0.1) is 6.92 Å². The number of aryl methyl sites for hydroxylation is 1. The Kier molecular flexibility index (Phi) is 2.07. The zero-order valence-electron chi connectivity index (χ0n) is 5.76.